The third-order valence-corrected chi connectivity index (χ3v) is 7.50. The van der Waals surface area contributed by atoms with Gasteiger partial charge in [-0.1, -0.05) is 0 Å². The lowest BCUT2D eigenvalue weighted by Gasteiger charge is -2.32. The van der Waals surface area contributed by atoms with Gasteiger partial charge in [0.1, 0.15) is 5.82 Å². The first kappa shape index (κ1) is 24.9. The van der Waals surface area contributed by atoms with Gasteiger partial charge in [-0.15, -0.1) is 11.3 Å². The van der Waals surface area contributed by atoms with Gasteiger partial charge in [-0.25, -0.2) is 18.7 Å². The first-order valence-corrected chi connectivity index (χ1v) is 13.3. The largest absolute Gasteiger partial charge is 0.493 e. The second-order valence-corrected chi connectivity index (χ2v) is 10.6. The summed E-state index contributed by atoms with van der Waals surface area (Å²) in [6.07, 6.45) is 4.83. The molecule has 0 spiro atoms. The number of aromatic nitrogens is 3. The van der Waals surface area contributed by atoms with E-state index in [-0.39, 0.29) is 25.9 Å². The summed E-state index contributed by atoms with van der Waals surface area (Å²) in [6.45, 7) is 6.29. The highest BCUT2D eigenvalue weighted by Crippen LogP contribution is 2.37. The van der Waals surface area contributed by atoms with E-state index in [1.807, 2.05) is 24.0 Å². The van der Waals surface area contributed by atoms with Gasteiger partial charge in [0.25, 0.3) is 5.92 Å². The van der Waals surface area contributed by atoms with Crippen LogP contribution in [0.15, 0.2) is 18.3 Å². The number of aryl methyl sites for hydroxylation is 1. The van der Waals surface area contributed by atoms with Crippen LogP contribution in [0.5, 0.6) is 11.5 Å². The van der Waals surface area contributed by atoms with Gasteiger partial charge in [-0.2, -0.15) is 4.98 Å². The Morgan fingerprint density at radius 3 is 2.56 bits per heavy atom. The number of alkyl halides is 2. The smallest absolute Gasteiger partial charge is 0.251 e. The van der Waals surface area contributed by atoms with Crippen molar-refractivity contribution < 1.29 is 18.3 Å². The first-order valence-electron chi connectivity index (χ1n) is 12.5. The fraction of sp³-hybridized carbons (Fsp3) is 0.560. The predicted molar refractivity (Wildman–Crippen MR) is 138 cm³/mol. The van der Waals surface area contributed by atoms with Gasteiger partial charge in [0.15, 0.2) is 16.6 Å². The molecule has 2 saturated heterocycles. The number of ether oxygens (including phenoxy) is 2. The standard InChI is InChI=1S/C25H32F2N6O2S/c1-17-16-28-24(36-17)31-22-18-14-20(34-2)21(35-13-5-10-32-8-3-4-9-32)15-19(18)29-23(30-22)33-11-6-25(26,27)7-12-33/h14-16H,3-13H2,1-2H3,(H,28,29,30,31). The third kappa shape index (κ3) is 5.78. The van der Waals surface area contributed by atoms with Crippen molar-refractivity contribution in [3.05, 3.63) is 23.2 Å². The minimum atomic E-state index is -2.64. The molecule has 194 valence electrons. The minimum absolute atomic E-state index is 0.199. The number of nitrogens with zero attached hydrogens (tertiary/aromatic N) is 5. The van der Waals surface area contributed by atoms with Gasteiger partial charge < -0.3 is 24.6 Å². The molecule has 8 nitrogen and oxygen atoms in total. The summed E-state index contributed by atoms with van der Waals surface area (Å²) in [4.78, 5) is 19.2. The molecule has 3 aromatic rings. The monoisotopic (exact) mass is 518 g/mol. The molecule has 36 heavy (non-hydrogen) atoms. The second kappa shape index (κ2) is 10.7. The van der Waals surface area contributed by atoms with Gasteiger partial charge in [0.05, 0.1) is 19.2 Å². The van der Waals surface area contributed by atoms with Gasteiger partial charge in [0.2, 0.25) is 5.95 Å². The van der Waals surface area contributed by atoms with E-state index in [2.05, 4.69) is 15.2 Å². The molecule has 4 heterocycles. The third-order valence-electron chi connectivity index (χ3n) is 6.67. The highest BCUT2D eigenvalue weighted by atomic mass is 32.1. The highest BCUT2D eigenvalue weighted by Gasteiger charge is 2.35. The quantitative estimate of drug-likeness (QED) is 0.385. The van der Waals surface area contributed by atoms with Crippen molar-refractivity contribution in [2.75, 3.05) is 56.7 Å². The van der Waals surface area contributed by atoms with Crippen LogP contribution in [0.4, 0.5) is 25.7 Å². The minimum Gasteiger partial charge on any atom is -0.493 e. The number of hydrogen-bond donors (Lipinski definition) is 1. The summed E-state index contributed by atoms with van der Waals surface area (Å²) < 4.78 is 39.3. The summed E-state index contributed by atoms with van der Waals surface area (Å²) >= 11 is 1.51. The Balaban J connectivity index is 1.43. The molecule has 2 fully saturated rings. The molecule has 0 saturated carbocycles. The number of piperidine rings is 1. The van der Waals surface area contributed by atoms with Crippen molar-refractivity contribution in [3.8, 4) is 11.5 Å². The molecule has 0 amide bonds. The number of benzene rings is 1. The molecule has 2 aliphatic heterocycles. The second-order valence-electron chi connectivity index (χ2n) is 9.39. The van der Waals surface area contributed by atoms with Crippen LogP contribution in [-0.2, 0) is 0 Å². The molecule has 0 aliphatic carbocycles. The fourth-order valence-electron chi connectivity index (χ4n) is 4.66. The number of hydrogen-bond acceptors (Lipinski definition) is 9. The van der Waals surface area contributed by atoms with Crippen LogP contribution in [-0.4, -0.2) is 72.2 Å². The topological polar surface area (TPSA) is 75.6 Å². The SMILES string of the molecule is COc1cc2c(Nc3ncc(C)s3)nc(N3CCC(F)(F)CC3)nc2cc1OCCCN1CCCC1. The Labute approximate surface area is 213 Å². The number of rotatable bonds is 9. The average molecular weight is 519 g/mol. The van der Waals surface area contributed by atoms with E-state index in [1.165, 1.54) is 24.2 Å². The van der Waals surface area contributed by atoms with Crippen LogP contribution in [0.3, 0.4) is 0 Å². The van der Waals surface area contributed by atoms with Crippen molar-refractivity contribution in [1.82, 2.24) is 19.9 Å². The Bertz CT molecular complexity index is 1190. The Hall–Kier alpha value is -2.79. The van der Waals surface area contributed by atoms with E-state index in [9.17, 15) is 8.78 Å². The molecule has 0 bridgehead atoms. The number of nitrogens with one attached hydrogen (secondary N) is 1. The van der Waals surface area contributed by atoms with Crippen LogP contribution in [0.1, 0.15) is 37.0 Å². The molecule has 0 unspecified atom stereocenters. The van der Waals surface area contributed by atoms with Crippen LogP contribution in [0.25, 0.3) is 10.9 Å². The van der Waals surface area contributed by atoms with Gasteiger partial charge >= 0.3 is 0 Å². The van der Waals surface area contributed by atoms with E-state index >= 15 is 0 Å². The van der Waals surface area contributed by atoms with E-state index in [4.69, 9.17) is 19.4 Å². The van der Waals surface area contributed by atoms with Crippen LogP contribution >= 0.6 is 11.3 Å². The lowest BCUT2D eigenvalue weighted by molar-refractivity contribution is -0.0222. The fourth-order valence-corrected chi connectivity index (χ4v) is 5.32. The number of anilines is 3. The maximum atomic E-state index is 13.8. The Morgan fingerprint density at radius 2 is 1.86 bits per heavy atom. The Kier molecular flexibility index (Phi) is 7.38. The highest BCUT2D eigenvalue weighted by molar-refractivity contribution is 7.15. The van der Waals surface area contributed by atoms with Gasteiger partial charge in [0, 0.05) is 55.0 Å². The molecular weight excluding hydrogens is 486 g/mol. The summed E-state index contributed by atoms with van der Waals surface area (Å²) in [6, 6.07) is 3.72. The van der Waals surface area contributed by atoms with Crippen LogP contribution in [0, 0.1) is 6.92 Å². The lowest BCUT2D eigenvalue weighted by atomic mass is 10.1. The maximum absolute atomic E-state index is 13.8. The van der Waals surface area contributed by atoms with E-state index in [0.29, 0.717) is 40.5 Å². The van der Waals surface area contributed by atoms with Crippen molar-refractivity contribution in [1.29, 1.82) is 0 Å². The van der Waals surface area contributed by atoms with Crippen LogP contribution < -0.4 is 19.7 Å². The van der Waals surface area contributed by atoms with Crippen molar-refractivity contribution in [2.45, 2.75) is 45.0 Å². The summed E-state index contributed by atoms with van der Waals surface area (Å²) in [7, 11) is 1.61. The molecule has 1 N–H and O–H groups in total. The normalized spacial score (nSPS) is 18.1. The van der Waals surface area contributed by atoms with Crippen molar-refractivity contribution in [3.63, 3.8) is 0 Å². The van der Waals surface area contributed by atoms with Crippen molar-refractivity contribution in [2.24, 2.45) is 0 Å². The predicted octanol–water partition coefficient (Wildman–Crippen LogP) is 5.25. The van der Waals surface area contributed by atoms with Gasteiger partial charge in [-0.3, -0.25) is 0 Å². The zero-order valence-corrected chi connectivity index (χ0v) is 21.5. The number of halogens is 2. The zero-order chi connectivity index (χ0) is 25.1. The molecule has 0 atom stereocenters. The molecule has 11 heteroatoms. The summed E-state index contributed by atoms with van der Waals surface area (Å²) in [5.74, 6) is -0.469. The molecule has 0 radical (unpaired) electrons. The van der Waals surface area contributed by atoms with E-state index in [0.717, 1.165) is 36.3 Å². The summed E-state index contributed by atoms with van der Waals surface area (Å²) in [5, 5.41) is 4.74. The molecule has 2 aromatic heterocycles. The number of thiazole rings is 1. The Morgan fingerprint density at radius 1 is 1.08 bits per heavy atom. The van der Waals surface area contributed by atoms with Crippen LogP contribution in [0.2, 0.25) is 0 Å². The van der Waals surface area contributed by atoms with E-state index < -0.39 is 5.92 Å². The number of likely N-dealkylation sites (tertiary alicyclic amines) is 1. The molecular formula is C25H32F2N6O2S. The average Bonchev–Trinajstić information content (AvgIpc) is 3.53. The van der Waals surface area contributed by atoms with Crippen molar-refractivity contribution >= 4 is 39.1 Å². The molecule has 1 aromatic carbocycles. The maximum Gasteiger partial charge on any atom is 0.251 e. The first-order chi connectivity index (χ1) is 17.4. The molecule has 5 rings (SSSR count). The molecule has 2 aliphatic rings. The number of methoxy groups -OCH3 is 1. The van der Waals surface area contributed by atoms with E-state index in [1.54, 1.807) is 13.3 Å². The summed E-state index contributed by atoms with van der Waals surface area (Å²) in [5.41, 5.74) is 0.656. The lowest BCUT2D eigenvalue weighted by Crippen LogP contribution is -2.40. The zero-order valence-electron chi connectivity index (χ0n) is 20.7. The number of fused-ring (bicyclic) bond motifs is 1. The van der Waals surface area contributed by atoms with Gasteiger partial charge in [-0.05, 0) is 45.3 Å².